The number of phenolic OH excluding ortho intramolecular Hbond substituents is 2. The second-order valence-electron chi connectivity index (χ2n) is 9.85. The molecule has 1 saturated heterocycles. The monoisotopic (exact) mass is 524 g/mol. The van der Waals surface area contributed by atoms with E-state index in [1.807, 2.05) is 49.4 Å². The molecule has 9 heteroatoms. The van der Waals surface area contributed by atoms with Crippen LogP contribution in [0.4, 0.5) is 17.3 Å². The summed E-state index contributed by atoms with van der Waals surface area (Å²) in [6, 6.07) is 19.6. The summed E-state index contributed by atoms with van der Waals surface area (Å²) in [4.78, 5) is 26.6. The molecule has 1 fully saturated rings. The van der Waals surface area contributed by atoms with Crippen LogP contribution in [0.3, 0.4) is 0 Å². The molecule has 200 valence electrons. The molecule has 0 aliphatic carbocycles. The molecule has 1 aliphatic rings. The minimum atomic E-state index is -0.218. The molecule has 0 atom stereocenters. The molecule has 0 saturated carbocycles. The van der Waals surface area contributed by atoms with E-state index in [-0.39, 0.29) is 17.4 Å². The number of carbonyl (C=O) groups excluding carboxylic acids is 1. The van der Waals surface area contributed by atoms with Crippen LogP contribution in [0.2, 0.25) is 0 Å². The highest BCUT2D eigenvalue weighted by molar-refractivity contribution is 6.04. The van der Waals surface area contributed by atoms with E-state index < -0.39 is 0 Å². The summed E-state index contributed by atoms with van der Waals surface area (Å²) in [5, 5.41) is 25.6. The minimum absolute atomic E-state index is 0.179. The van der Waals surface area contributed by atoms with Crippen molar-refractivity contribution in [2.45, 2.75) is 13.5 Å². The zero-order valence-corrected chi connectivity index (χ0v) is 22.1. The number of anilines is 3. The highest BCUT2D eigenvalue weighted by Gasteiger charge is 2.15. The van der Waals surface area contributed by atoms with Gasteiger partial charge in [-0.1, -0.05) is 18.2 Å². The SMILES string of the molecule is Cc1ccc(NC(=O)c2ccc(CN3CCN(C)CC3)cc2)cc1Nc1nccc(-c2ccc(O)c(O)c2)n1. The van der Waals surface area contributed by atoms with Crippen molar-refractivity contribution in [1.29, 1.82) is 0 Å². The number of aromatic nitrogens is 2. The molecule has 9 nitrogen and oxygen atoms in total. The maximum atomic E-state index is 12.9. The minimum Gasteiger partial charge on any atom is -0.504 e. The Hall–Kier alpha value is -4.47. The number of amides is 1. The molecule has 1 aromatic heterocycles. The summed E-state index contributed by atoms with van der Waals surface area (Å²) < 4.78 is 0. The van der Waals surface area contributed by atoms with E-state index in [9.17, 15) is 15.0 Å². The Labute approximate surface area is 227 Å². The second kappa shape index (κ2) is 11.5. The zero-order valence-electron chi connectivity index (χ0n) is 22.1. The molecular weight excluding hydrogens is 492 g/mol. The number of likely N-dealkylation sites (N-methyl/N-ethyl adjacent to an activating group) is 1. The van der Waals surface area contributed by atoms with Gasteiger partial charge in [-0.25, -0.2) is 9.97 Å². The van der Waals surface area contributed by atoms with Crippen LogP contribution >= 0.6 is 0 Å². The maximum absolute atomic E-state index is 12.9. The summed E-state index contributed by atoms with van der Waals surface area (Å²) in [7, 11) is 2.15. The van der Waals surface area contributed by atoms with Gasteiger partial charge in [-0.05, 0) is 73.6 Å². The van der Waals surface area contributed by atoms with E-state index in [4.69, 9.17) is 0 Å². The lowest BCUT2D eigenvalue weighted by Gasteiger charge is -2.32. The van der Waals surface area contributed by atoms with Crippen molar-refractivity contribution in [3.05, 3.63) is 89.6 Å². The van der Waals surface area contributed by atoms with Crippen LogP contribution in [0, 0.1) is 6.92 Å². The molecule has 2 heterocycles. The molecule has 39 heavy (non-hydrogen) atoms. The van der Waals surface area contributed by atoms with Gasteiger partial charge in [0.25, 0.3) is 5.91 Å². The topological polar surface area (TPSA) is 114 Å². The summed E-state index contributed by atoms with van der Waals surface area (Å²) in [5.74, 6) is -0.226. The highest BCUT2D eigenvalue weighted by atomic mass is 16.3. The Bertz CT molecular complexity index is 1470. The van der Waals surface area contributed by atoms with Crippen LogP contribution in [0.15, 0.2) is 72.9 Å². The highest BCUT2D eigenvalue weighted by Crippen LogP contribution is 2.30. The van der Waals surface area contributed by atoms with Gasteiger partial charge in [-0.3, -0.25) is 9.69 Å². The summed E-state index contributed by atoms with van der Waals surface area (Å²) >= 11 is 0. The fraction of sp³-hybridized carbons (Fsp3) is 0.233. The molecule has 3 aromatic carbocycles. The lowest BCUT2D eigenvalue weighted by molar-refractivity contribution is 0.102. The van der Waals surface area contributed by atoms with Gasteiger partial charge in [-0.2, -0.15) is 0 Å². The Kier molecular flexibility index (Phi) is 7.72. The molecule has 0 bridgehead atoms. The number of rotatable bonds is 7. The van der Waals surface area contributed by atoms with Gasteiger partial charge in [0.05, 0.1) is 5.69 Å². The number of nitrogens with one attached hydrogen (secondary N) is 2. The molecule has 1 aliphatic heterocycles. The molecule has 4 N–H and O–H groups in total. The Morgan fingerprint density at radius 3 is 2.44 bits per heavy atom. The Morgan fingerprint density at radius 2 is 1.69 bits per heavy atom. The number of carbonyl (C=O) groups is 1. The van der Waals surface area contributed by atoms with Crippen LogP contribution in [-0.4, -0.2) is 69.1 Å². The lowest BCUT2D eigenvalue weighted by Crippen LogP contribution is -2.43. The van der Waals surface area contributed by atoms with Crippen molar-refractivity contribution in [2.24, 2.45) is 0 Å². The van der Waals surface area contributed by atoms with E-state index in [0.717, 1.165) is 44.0 Å². The third-order valence-corrected chi connectivity index (χ3v) is 6.89. The average Bonchev–Trinajstić information content (AvgIpc) is 2.94. The van der Waals surface area contributed by atoms with Crippen molar-refractivity contribution < 1.29 is 15.0 Å². The largest absolute Gasteiger partial charge is 0.504 e. The Balaban J connectivity index is 1.24. The van der Waals surface area contributed by atoms with Crippen LogP contribution in [-0.2, 0) is 6.54 Å². The predicted octanol–water partition coefficient (Wildman–Crippen LogP) is 4.61. The number of hydrogen-bond acceptors (Lipinski definition) is 8. The molecule has 0 spiro atoms. The summed E-state index contributed by atoms with van der Waals surface area (Å²) in [6.07, 6.45) is 1.61. The number of aryl methyl sites for hydroxylation is 1. The predicted molar refractivity (Wildman–Crippen MR) is 152 cm³/mol. The van der Waals surface area contributed by atoms with Crippen molar-refractivity contribution in [2.75, 3.05) is 43.9 Å². The number of nitrogens with zero attached hydrogens (tertiary/aromatic N) is 4. The van der Waals surface area contributed by atoms with Crippen LogP contribution in [0.25, 0.3) is 11.3 Å². The van der Waals surface area contributed by atoms with Gasteiger partial charge in [0.1, 0.15) is 0 Å². The van der Waals surface area contributed by atoms with E-state index in [2.05, 4.69) is 37.4 Å². The van der Waals surface area contributed by atoms with Gasteiger partial charge in [0.2, 0.25) is 5.95 Å². The molecule has 0 unspecified atom stereocenters. The van der Waals surface area contributed by atoms with E-state index in [0.29, 0.717) is 28.5 Å². The van der Waals surface area contributed by atoms with Crippen molar-refractivity contribution >= 4 is 23.2 Å². The van der Waals surface area contributed by atoms with Gasteiger partial charge < -0.3 is 25.7 Å². The maximum Gasteiger partial charge on any atom is 0.255 e. The summed E-state index contributed by atoms with van der Waals surface area (Å²) in [6.45, 7) is 7.11. The second-order valence-corrected chi connectivity index (χ2v) is 9.85. The molecule has 5 rings (SSSR count). The first kappa shape index (κ1) is 26.1. The first-order valence-electron chi connectivity index (χ1n) is 12.9. The number of hydrogen-bond donors (Lipinski definition) is 4. The third kappa shape index (κ3) is 6.51. The molecular formula is C30H32N6O3. The smallest absolute Gasteiger partial charge is 0.255 e. The quantitative estimate of drug-likeness (QED) is 0.259. The van der Waals surface area contributed by atoms with Crippen LogP contribution < -0.4 is 10.6 Å². The molecule has 4 aromatic rings. The number of aromatic hydroxyl groups is 2. The number of phenols is 2. The van der Waals surface area contributed by atoms with Gasteiger partial charge in [0, 0.05) is 61.4 Å². The van der Waals surface area contributed by atoms with Gasteiger partial charge in [0.15, 0.2) is 11.5 Å². The van der Waals surface area contributed by atoms with Crippen molar-refractivity contribution in [3.63, 3.8) is 0 Å². The summed E-state index contributed by atoms with van der Waals surface area (Å²) in [5.41, 5.74) is 5.37. The number of piperazine rings is 1. The van der Waals surface area contributed by atoms with Gasteiger partial charge >= 0.3 is 0 Å². The fourth-order valence-corrected chi connectivity index (χ4v) is 4.45. The molecule has 1 amide bonds. The van der Waals surface area contributed by atoms with E-state index in [1.54, 1.807) is 18.3 Å². The van der Waals surface area contributed by atoms with Crippen molar-refractivity contribution in [1.82, 2.24) is 19.8 Å². The first-order chi connectivity index (χ1) is 18.8. The van der Waals surface area contributed by atoms with Crippen LogP contribution in [0.1, 0.15) is 21.5 Å². The average molecular weight is 525 g/mol. The van der Waals surface area contributed by atoms with E-state index in [1.165, 1.54) is 17.7 Å². The fourth-order valence-electron chi connectivity index (χ4n) is 4.45. The normalized spacial score (nSPS) is 14.2. The lowest BCUT2D eigenvalue weighted by atomic mass is 10.1. The number of benzene rings is 3. The van der Waals surface area contributed by atoms with Gasteiger partial charge in [-0.15, -0.1) is 0 Å². The molecule has 0 radical (unpaired) electrons. The first-order valence-corrected chi connectivity index (χ1v) is 12.9. The van der Waals surface area contributed by atoms with Crippen LogP contribution in [0.5, 0.6) is 11.5 Å². The Morgan fingerprint density at radius 1 is 0.923 bits per heavy atom. The third-order valence-electron chi connectivity index (χ3n) is 6.89. The van der Waals surface area contributed by atoms with Crippen molar-refractivity contribution in [3.8, 4) is 22.8 Å². The standard InChI is InChI=1S/C30H32N6O3/c1-20-3-9-24(32-29(39)22-6-4-21(5-7-22)19-36-15-13-35(2)14-16-36)18-26(20)34-30-31-12-11-25(33-30)23-8-10-27(37)28(38)17-23/h3-12,17-18,37-38H,13-16,19H2,1-2H3,(H,32,39)(H,31,33,34). The zero-order chi connectivity index (χ0) is 27.4. The van der Waals surface area contributed by atoms with E-state index >= 15 is 0 Å².